The zero-order chi connectivity index (χ0) is 23.3. The highest BCUT2D eigenvalue weighted by molar-refractivity contribution is 6.06. The van der Waals surface area contributed by atoms with Gasteiger partial charge in [-0.25, -0.2) is 0 Å². The molecule has 0 aliphatic heterocycles. The number of aryl methyl sites for hydroxylation is 2. The molecule has 0 saturated carbocycles. The Bertz CT molecular complexity index is 834. The van der Waals surface area contributed by atoms with Crippen molar-refractivity contribution >= 4 is 16.8 Å². The van der Waals surface area contributed by atoms with Crippen LogP contribution in [0.3, 0.4) is 0 Å². The number of carbonyl (C=O) groups is 1. The van der Waals surface area contributed by atoms with Gasteiger partial charge in [-0.15, -0.1) is 0 Å². The average molecular weight is 445 g/mol. The summed E-state index contributed by atoms with van der Waals surface area (Å²) in [5.74, 6) is 2.11. The molecule has 0 N–H and O–H groups in total. The summed E-state index contributed by atoms with van der Waals surface area (Å²) < 4.78 is 17.1. The third kappa shape index (κ3) is 7.28. The van der Waals surface area contributed by atoms with Gasteiger partial charge in [0.05, 0.1) is 25.2 Å². The third-order valence-electron chi connectivity index (χ3n) is 6.59. The molecule has 180 valence electrons. The quantitative estimate of drug-likeness (QED) is 0.181. The van der Waals surface area contributed by atoms with Crippen LogP contribution < -0.4 is 9.47 Å². The standard InChI is InChI=1S/C28H44O4/c1-6-7-8-9-10-11-12-13-14-15-16-17-18-19-24(29)23-20-25(30-4)26-21(2)22(3)32-28(26)27(23)31-5/h20H,6-19H2,1-5H3. The van der Waals surface area contributed by atoms with Crippen LogP contribution >= 0.6 is 0 Å². The first-order valence-corrected chi connectivity index (χ1v) is 12.7. The number of hydrogen-bond acceptors (Lipinski definition) is 4. The molecule has 0 aliphatic rings. The summed E-state index contributed by atoms with van der Waals surface area (Å²) in [7, 11) is 3.22. The van der Waals surface area contributed by atoms with E-state index in [1.54, 1.807) is 14.2 Å². The number of Topliss-reactive ketones (excluding diaryl/α,β-unsaturated/α-hetero) is 1. The largest absolute Gasteiger partial charge is 0.496 e. The van der Waals surface area contributed by atoms with Gasteiger partial charge < -0.3 is 13.9 Å². The maximum absolute atomic E-state index is 13.0. The van der Waals surface area contributed by atoms with Crippen molar-refractivity contribution in [2.45, 2.75) is 111 Å². The van der Waals surface area contributed by atoms with E-state index in [1.165, 1.54) is 70.6 Å². The van der Waals surface area contributed by atoms with Crippen LogP contribution in [0, 0.1) is 13.8 Å². The van der Waals surface area contributed by atoms with Crippen molar-refractivity contribution in [2.24, 2.45) is 0 Å². The van der Waals surface area contributed by atoms with Gasteiger partial charge in [-0.05, 0) is 26.3 Å². The van der Waals surface area contributed by atoms with Crippen LogP contribution in [0.2, 0.25) is 0 Å². The molecule has 0 radical (unpaired) electrons. The Balaban J connectivity index is 1.73. The molecule has 2 aromatic rings. The van der Waals surface area contributed by atoms with Gasteiger partial charge in [0, 0.05) is 12.0 Å². The fourth-order valence-electron chi connectivity index (χ4n) is 4.48. The van der Waals surface area contributed by atoms with Crippen molar-refractivity contribution in [3.63, 3.8) is 0 Å². The van der Waals surface area contributed by atoms with Crippen molar-refractivity contribution in [3.8, 4) is 11.5 Å². The predicted octanol–water partition coefficient (Wildman–Crippen LogP) is 8.73. The summed E-state index contributed by atoms with van der Waals surface area (Å²) in [6.07, 6.45) is 17.4. The van der Waals surface area contributed by atoms with Crippen LogP contribution in [0.5, 0.6) is 11.5 Å². The molecule has 0 amide bonds. The van der Waals surface area contributed by atoms with Crippen molar-refractivity contribution in [1.82, 2.24) is 0 Å². The Morgan fingerprint density at radius 3 is 1.84 bits per heavy atom. The smallest absolute Gasteiger partial charge is 0.180 e. The van der Waals surface area contributed by atoms with Gasteiger partial charge >= 0.3 is 0 Å². The third-order valence-corrected chi connectivity index (χ3v) is 6.59. The molecule has 32 heavy (non-hydrogen) atoms. The first-order chi connectivity index (χ1) is 15.5. The summed E-state index contributed by atoms with van der Waals surface area (Å²) in [4.78, 5) is 13.0. The maximum atomic E-state index is 13.0. The Morgan fingerprint density at radius 1 is 0.812 bits per heavy atom. The molecule has 0 aliphatic carbocycles. The highest BCUT2D eigenvalue weighted by atomic mass is 16.5. The van der Waals surface area contributed by atoms with Crippen molar-refractivity contribution < 1.29 is 18.7 Å². The van der Waals surface area contributed by atoms with E-state index in [9.17, 15) is 4.79 Å². The molecular weight excluding hydrogens is 400 g/mol. The van der Waals surface area contributed by atoms with E-state index in [1.807, 2.05) is 19.9 Å². The fraction of sp³-hybridized carbons (Fsp3) is 0.679. The molecule has 2 rings (SSSR count). The van der Waals surface area contributed by atoms with E-state index < -0.39 is 0 Å². The lowest BCUT2D eigenvalue weighted by molar-refractivity contribution is 0.0976. The molecule has 1 aromatic carbocycles. The van der Waals surface area contributed by atoms with Gasteiger partial charge in [0.1, 0.15) is 11.5 Å². The average Bonchev–Trinajstić information content (AvgIpc) is 3.09. The van der Waals surface area contributed by atoms with Gasteiger partial charge in [-0.3, -0.25) is 4.79 Å². The molecule has 0 atom stereocenters. The minimum Gasteiger partial charge on any atom is -0.496 e. The Hall–Kier alpha value is -1.97. The molecule has 0 saturated heterocycles. The number of fused-ring (bicyclic) bond motifs is 1. The predicted molar refractivity (Wildman–Crippen MR) is 133 cm³/mol. The topological polar surface area (TPSA) is 48.7 Å². The second kappa shape index (κ2) is 14.2. The van der Waals surface area contributed by atoms with Crippen molar-refractivity contribution in [1.29, 1.82) is 0 Å². The number of rotatable bonds is 17. The van der Waals surface area contributed by atoms with Crippen LogP contribution in [-0.2, 0) is 0 Å². The van der Waals surface area contributed by atoms with Gasteiger partial charge in [-0.2, -0.15) is 0 Å². The Labute approximate surface area is 195 Å². The second-order valence-corrected chi connectivity index (χ2v) is 9.06. The summed E-state index contributed by atoms with van der Waals surface area (Å²) >= 11 is 0. The van der Waals surface area contributed by atoms with E-state index in [-0.39, 0.29) is 5.78 Å². The first-order valence-electron chi connectivity index (χ1n) is 12.7. The summed E-state index contributed by atoms with van der Waals surface area (Å²) in [6.45, 7) is 6.19. The van der Waals surface area contributed by atoms with Crippen LogP contribution in [-0.4, -0.2) is 20.0 Å². The molecule has 4 heteroatoms. The zero-order valence-corrected chi connectivity index (χ0v) is 21.1. The van der Waals surface area contributed by atoms with E-state index in [2.05, 4.69) is 6.92 Å². The summed E-state index contributed by atoms with van der Waals surface area (Å²) in [5.41, 5.74) is 2.19. The Kier molecular flexibility index (Phi) is 11.7. The lowest BCUT2D eigenvalue weighted by Crippen LogP contribution is -2.04. The van der Waals surface area contributed by atoms with Crippen LogP contribution in [0.15, 0.2) is 10.5 Å². The number of benzene rings is 1. The summed E-state index contributed by atoms with van der Waals surface area (Å²) in [5, 5.41) is 0.888. The lowest BCUT2D eigenvalue weighted by Gasteiger charge is -2.11. The number of unbranched alkanes of at least 4 members (excludes halogenated alkanes) is 12. The minimum atomic E-state index is 0.0943. The van der Waals surface area contributed by atoms with Crippen LogP contribution in [0.25, 0.3) is 11.0 Å². The highest BCUT2D eigenvalue weighted by Crippen LogP contribution is 2.41. The van der Waals surface area contributed by atoms with E-state index in [4.69, 9.17) is 13.9 Å². The molecule has 1 heterocycles. The monoisotopic (exact) mass is 444 g/mol. The molecule has 0 spiro atoms. The highest BCUT2D eigenvalue weighted by Gasteiger charge is 2.23. The van der Waals surface area contributed by atoms with E-state index >= 15 is 0 Å². The maximum Gasteiger partial charge on any atom is 0.180 e. The SMILES string of the molecule is CCCCCCCCCCCCCCCC(=O)c1cc(OC)c2c(C)c(C)oc2c1OC. The van der Waals surface area contributed by atoms with Crippen LogP contribution in [0.1, 0.15) is 118 Å². The number of furan rings is 1. The van der Waals surface area contributed by atoms with Gasteiger partial charge in [0.15, 0.2) is 17.1 Å². The molecule has 0 bridgehead atoms. The molecule has 1 aromatic heterocycles. The molecular formula is C28H44O4. The van der Waals surface area contributed by atoms with Crippen LogP contribution in [0.4, 0.5) is 0 Å². The number of hydrogen-bond donors (Lipinski definition) is 0. The van der Waals surface area contributed by atoms with Gasteiger partial charge in [0.2, 0.25) is 0 Å². The lowest BCUT2D eigenvalue weighted by atomic mass is 9.99. The van der Waals surface area contributed by atoms with E-state index in [0.29, 0.717) is 29.1 Å². The molecule has 4 nitrogen and oxygen atoms in total. The van der Waals surface area contributed by atoms with E-state index in [0.717, 1.165) is 29.6 Å². The number of ether oxygens (including phenoxy) is 2. The minimum absolute atomic E-state index is 0.0943. The second-order valence-electron chi connectivity index (χ2n) is 9.06. The zero-order valence-electron chi connectivity index (χ0n) is 21.1. The van der Waals surface area contributed by atoms with Crippen molar-refractivity contribution in [2.75, 3.05) is 14.2 Å². The number of carbonyl (C=O) groups excluding carboxylic acids is 1. The normalized spacial score (nSPS) is 11.3. The molecule has 0 fully saturated rings. The number of ketones is 1. The molecule has 0 unspecified atom stereocenters. The van der Waals surface area contributed by atoms with Crippen molar-refractivity contribution in [3.05, 3.63) is 23.0 Å². The first kappa shape index (κ1) is 26.3. The number of methoxy groups -OCH3 is 2. The van der Waals surface area contributed by atoms with Gasteiger partial charge in [-0.1, -0.05) is 84.0 Å². The Morgan fingerprint density at radius 2 is 1.34 bits per heavy atom. The fourth-order valence-corrected chi connectivity index (χ4v) is 4.48. The summed E-state index contributed by atoms with van der Waals surface area (Å²) in [6, 6.07) is 1.81. The van der Waals surface area contributed by atoms with Gasteiger partial charge in [0.25, 0.3) is 0 Å².